The van der Waals surface area contributed by atoms with Crippen LogP contribution in [0.1, 0.15) is 6.42 Å². The third-order valence-corrected chi connectivity index (χ3v) is 2.87. The summed E-state index contributed by atoms with van der Waals surface area (Å²) in [6, 6.07) is 3.67. The van der Waals surface area contributed by atoms with E-state index in [4.69, 9.17) is 0 Å². The molecular formula is C9H9F2IN2. The molecule has 0 N–H and O–H groups in total. The van der Waals surface area contributed by atoms with Crippen LogP contribution in [-0.4, -0.2) is 24.0 Å². The Morgan fingerprint density at radius 1 is 1.50 bits per heavy atom. The summed E-state index contributed by atoms with van der Waals surface area (Å²) in [5.41, 5.74) is 0. The van der Waals surface area contributed by atoms with Crippen LogP contribution in [0.3, 0.4) is 0 Å². The molecule has 1 aromatic rings. The molecule has 2 heterocycles. The molecule has 0 amide bonds. The number of nitrogens with zero attached hydrogens (tertiary/aromatic N) is 2. The second kappa shape index (κ2) is 3.60. The van der Waals surface area contributed by atoms with Gasteiger partial charge in [0.25, 0.3) is 5.92 Å². The van der Waals surface area contributed by atoms with Crippen LogP contribution < -0.4 is 4.90 Å². The lowest BCUT2D eigenvalue weighted by molar-refractivity contribution is 0.0257. The van der Waals surface area contributed by atoms with Crippen molar-refractivity contribution in [3.63, 3.8) is 0 Å². The van der Waals surface area contributed by atoms with Crippen molar-refractivity contribution in [2.45, 2.75) is 12.3 Å². The van der Waals surface area contributed by atoms with Gasteiger partial charge >= 0.3 is 0 Å². The first-order chi connectivity index (χ1) is 6.57. The molecule has 0 atom stereocenters. The van der Waals surface area contributed by atoms with Gasteiger partial charge in [-0.3, -0.25) is 0 Å². The van der Waals surface area contributed by atoms with E-state index in [-0.39, 0.29) is 13.0 Å². The largest absolute Gasteiger partial charge is 0.350 e. The van der Waals surface area contributed by atoms with Crippen molar-refractivity contribution in [1.82, 2.24) is 4.98 Å². The summed E-state index contributed by atoms with van der Waals surface area (Å²) in [4.78, 5) is 5.70. The molecule has 2 rings (SSSR count). The van der Waals surface area contributed by atoms with Crippen molar-refractivity contribution in [3.05, 3.63) is 21.9 Å². The molecule has 5 heteroatoms. The number of anilines is 1. The lowest BCUT2D eigenvalue weighted by atomic mass is 10.3. The van der Waals surface area contributed by atoms with Gasteiger partial charge in [0.15, 0.2) is 0 Å². The van der Waals surface area contributed by atoms with Gasteiger partial charge in [0.1, 0.15) is 5.82 Å². The standard InChI is InChI=1S/C9H9F2IN2/c10-9(11)2-4-14(6-9)8-5-7(12)1-3-13-8/h1,3,5H,2,4,6H2. The maximum absolute atomic E-state index is 12.9. The summed E-state index contributed by atoms with van der Waals surface area (Å²) in [5.74, 6) is -1.91. The van der Waals surface area contributed by atoms with Crippen molar-refractivity contribution in [3.8, 4) is 0 Å². The number of hydrogen-bond acceptors (Lipinski definition) is 2. The molecule has 76 valence electrons. The molecule has 0 spiro atoms. The molecule has 1 aliphatic rings. The van der Waals surface area contributed by atoms with Gasteiger partial charge in [0, 0.05) is 22.7 Å². The van der Waals surface area contributed by atoms with Crippen LogP contribution in [0.15, 0.2) is 18.3 Å². The predicted molar refractivity (Wildman–Crippen MR) is 58.7 cm³/mol. The summed E-state index contributed by atoms with van der Waals surface area (Å²) in [6.07, 6.45) is 1.58. The van der Waals surface area contributed by atoms with Gasteiger partial charge in [0.2, 0.25) is 0 Å². The highest BCUT2D eigenvalue weighted by Crippen LogP contribution is 2.29. The highest BCUT2D eigenvalue weighted by Gasteiger charge is 2.38. The monoisotopic (exact) mass is 310 g/mol. The molecule has 0 aliphatic carbocycles. The molecule has 0 unspecified atom stereocenters. The molecule has 1 fully saturated rings. The van der Waals surface area contributed by atoms with E-state index in [1.807, 2.05) is 12.1 Å². The van der Waals surface area contributed by atoms with E-state index >= 15 is 0 Å². The zero-order chi connectivity index (χ0) is 10.2. The number of halogens is 3. The third kappa shape index (κ3) is 2.13. The Morgan fingerprint density at radius 2 is 2.29 bits per heavy atom. The number of rotatable bonds is 1. The minimum absolute atomic E-state index is 0.0693. The number of pyridine rings is 1. The van der Waals surface area contributed by atoms with Gasteiger partial charge in [-0.1, -0.05) is 0 Å². The Balaban J connectivity index is 2.17. The maximum atomic E-state index is 12.9. The lowest BCUT2D eigenvalue weighted by Crippen LogP contribution is -2.25. The predicted octanol–water partition coefficient (Wildman–Crippen LogP) is 2.53. The van der Waals surface area contributed by atoms with E-state index in [9.17, 15) is 8.78 Å². The number of aromatic nitrogens is 1. The molecule has 1 aliphatic heterocycles. The average Bonchev–Trinajstić information content (AvgIpc) is 2.46. The van der Waals surface area contributed by atoms with Crippen LogP contribution in [0.5, 0.6) is 0 Å². The second-order valence-electron chi connectivity index (χ2n) is 3.36. The third-order valence-electron chi connectivity index (χ3n) is 2.20. The molecule has 0 radical (unpaired) electrons. The van der Waals surface area contributed by atoms with Gasteiger partial charge in [-0.25, -0.2) is 13.8 Å². The van der Waals surface area contributed by atoms with Crippen molar-refractivity contribution < 1.29 is 8.78 Å². The van der Waals surface area contributed by atoms with Crippen LogP contribution in [0.25, 0.3) is 0 Å². The second-order valence-corrected chi connectivity index (χ2v) is 4.61. The molecule has 0 bridgehead atoms. The average molecular weight is 310 g/mol. The molecule has 0 saturated carbocycles. The zero-order valence-corrected chi connectivity index (χ0v) is 9.54. The van der Waals surface area contributed by atoms with Gasteiger partial charge < -0.3 is 4.90 Å². The highest BCUT2D eigenvalue weighted by atomic mass is 127. The molecule has 1 saturated heterocycles. The van der Waals surface area contributed by atoms with Crippen molar-refractivity contribution in [2.24, 2.45) is 0 Å². The van der Waals surface area contributed by atoms with E-state index in [2.05, 4.69) is 27.6 Å². The minimum Gasteiger partial charge on any atom is -0.350 e. The fraction of sp³-hybridized carbons (Fsp3) is 0.444. The van der Waals surface area contributed by atoms with Gasteiger partial charge in [-0.05, 0) is 34.7 Å². The Labute approximate surface area is 94.5 Å². The van der Waals surface area contributed by atoms with Crippen LogP contribution in [0.2, 0.25) is 0 Å². The molecule has 1 aromatic heterocycles. The van der Waals surface area contributed by atoms with Gasteiger partial charge in [-0.15, -0.1) is 0 Å². The number of hydrogen-bond donors (Lipinski definition) is 0. The van der Waals surface area contributed by atoms with Crippen molar-refractivity contribution in [1.29, 1.82) is 0 Å². The van der Waals surface area contributed by atoms with Crippen LogP contribution in [0.4, 0.5) is 14.6 Å². The minimum atomic E-state index is -2.55. The van der Waals surface area contributed by atoms with E-state index in [0.717, 1.165) is 3.57 Å². The SMILES string of the molecule is FC1(F)CCN(c2cc(I)ccn2)C1. The van der Waals surface area contributed by atoms with E-state index in [1.54, 1.807) is 11.1 Å². The van der Waals surface area contributed by atoms with Gasteiger partial charge in [0.05, 0.1) is 6.54 Å². The Bertz CT molecular complexity index is 343. The van der Waals surface area contributed by atoms with Crippen molar-refractivity contribution in [2.75, 3.05) is 18.0 Å². The molecule has 14 heavy (non-hydrogen) atoms. The van der Waals surface area contributed by atoms with Crippen LogP contribution in [0, 0.1) is 3.57 Å². The van der Waals surface area contributed by atoms with E-state index in [1.165, 1.54) is 0 Å². The van der Waals surface area contributed by atoms with E-state index < -0.39 is 5.92 Å². The lowest BCUT2D eigenvalue weighted by Gasteiger charge is -2.16. The molecular weight excluding hydrogens is 301 g/mol. The normalized spacial score (nSPS) is 20.1. The van der Waals surface area contributed by atoms with E-state index in [0.29, 0.717) is 12.4 Å². The van der Waals surface area contributed by atoms with Crippen LogP contribution >= 0.6 is 22.6 Å². The Morgan fingerprint density at radius 3 is 2.86 bits per heavy atom. The fourth-order valence-corrected chi connectivity index (χ4v) is 1.94. The fourth-order valence-electron chi connectivity index (χ4n) is 1.50. The quantitative estimate of drug-likeness (QED) is 0.741. The maximum Gasteiger partial charge on any atom is 0.266 e. The summed E-state index contributed by atoms with van der Waals surface area (Å²) in [6.45, 7) is 0.181. The Kier molecular flexibility index (Phi) is 2.59. The molecule has 0 aromatic carbocycles. The van der Waals surface area contributed by atoms with Gasteiger partial charge in [-0.2, -0.15) is 0 Å². The van der Waals surface area contributed by atoms with Crippen molar-refractivity contribution >= 4 is 28.4 Å². The first-order valence-corrected chi connectivity index (χ1v) is 5.39. The summed E-state index contributed by atoms with van der Waals surface area (Å²) < 4.78 is 26.8. The van der Waals surface area contributed by atoms with Crippen LogP contribution in [-0.2, 0) is 0 Å². The summed E-state index contributed by atoms with van der Waals surface area (Å²) >= 11 is 2.15. The first-order valence-electron chi connectivity index (χ1n) is 4.31. The smallest absolute Gasteiger partial charge is 0.266 e. The Hall–Kier alpha value is -0.460. The molecule has 2 nitrogen and oxygen atoms in total. The summed E-state index contributed by atoms with van der Waals surface area (Å²) in [7, 11) is 0. The first kappa shape index (κ1) is 10.1. The highest BCUT2D eigenvalue weighted by molar-refractivity contribution is 14.1. The topological polar surface area (TPSA) is 16.1 Å². The zero-order valence-electron chi connectivity index (χ0n) is 7.38. The number of alkyl halides is 2. The summed E-state index contributed by atoms with van der Waals surface area (Å²) in [5, 5.41) is 0.